The minimum atomic E-state index is 0.158. The van der Waals surface area contributed by atoms with Crippen LogP contribution < -0.4 is 5.73 Å². The molecule has 1 heterocycles. The lowest BCUT2D eigenvalue weighted by molar-refractivity contribution is -0.128. The summed E-state index contributed by atoms with van der Waals surface area (Å²) in [4.78, 5) is 15.3. The van der Waals surface area contributed by atoms with Gasteiger partial charge in [-0.2, -0.15) is 0 Å². The summed E-state index contributed by atoms with van der Waals surface area (Å²) >= 11 is 0. The first-order chi connectivity index (χ1) is 7.13. The highest BCUT2D eigenvalue weighted by molar-refractivity contribution is 5.72. The summed E-state index contributed by atoms with van der Waals surface area (Å²) in [6, 6.07) is 0. The van der Waals surface area contributed by atoms with Crippen LogP contribution in [0, 0.1) is 5.92 Å². The minimum absolute atomic E-state index is 0.158. The Labute approximate surface area is 92.4 Å². The third kappa shape index (κ3) is 4.18. The molecule has 1 saturated heterocycles. The topological polar surface area (TPSA) is 49.6 Å². The Morgan fingerprint density at radius 2 is 2.33 bits per heavy atom. The van der Waals surface area contributed by atoms with Gasteiger partial charge in [0.05, 0.1) is 0 Å². The van der Waals surface area contributed by atoms with E-state index in [1.54, 1.807) is 6.92 Å². The number of carbonyl (C=O) groups is 1. The SMILES string of the molecule is CC(=O)N(C)CC1CCCN(CCN)C1. The van der Waals surface area contributed by atoms with Crippen molar-refractivity contribution in [3.63, 3.8) is 0 Å². The Balaban J connectivity index is 2.32. The monoisotopic (exact) mass is 213 g/mol. The fraction of sp³-hybridized carbons (Fsp3) is 0.909. The lowest BCUT2D eigenvalue weighted by Gasteiger charge is -2.34. The van der Waals surface area contributed by atoms with Crippen LogP contribution in [0.1, 0.15) is 19.8 Å². The lowest BCUT2D eigenvalue weighted by atomic mass is 9.97. The van der Waals surface area contributed by atoms with Gasteiger partial charge in [0.2, 0.25) is 5.91 Å². The average Bonchev–Trinajstić information content (AvgIpc) is 2.18. The largest absolute Gasteiger partial charge is 0.346 e. The zero-order valence-corrected chi connectivity index (χ0v) is 9.91. The summed E-state index contributed by atoms with van der Waals surface area (Å²) in [6.45, 7) is 6.48. The molecule has 0 spiro atoms. The highest BCUT2D eigenvalue weighted by Crippen LogP contribution is 2.16. The molecular formula is C11H23N3O. The Morgan fingerprint density at radius 3 is 2.93 bits per heavy atom. The van der Waals surface area contributed by atoms with Gasteiger partial charge in [0.1, 0.15) is 0 Å². The number of carbonyl (C=O) groups excluding carboxylic acids is 1. The van der Waals surface area contributed by atoms with Gasteiger partial charge in [-0.25, -0.2) is 0 Å². The molecule has 0 aromatic rings. The van der Waals surface area contributed by atoms with Crippen LogP contribution >= 0.6 is 0 Å². The molecule has 0 aromatic heterocycles. The van der Waals surface area contributed by atoms with Crippen LogP contribution in [0.25, 0.3) is 0 Å². The van der Waals surface area contributed by atoms with Gasteiger partial charge in [-0.3, -0.25) is 4.79 Å². The van der Waals surface area contributed by atoms with Crippen molar-refractivity contribution >= 4 is 5.91 Å². The maximum atomic E-state index is 11.1. The van der Waals surface area contributed by atoms with Gasteiger partial charge in [0.15, 0.2) is 0 Å². The zero-order valence-electron chi connectivity index (χ0n) is 9.91. The van der Waals surface area contributed by atoms with Crippen LogP contribution in [0.5, 0.6) is 0 Å². The van der Waals surface area contributed by atoms with Crippen molar-refractivity contribution in [1.82, 2.24) is 9.80 Å². The maximum absolute atomic E-state index is 11.1. The number of hydrogen-bond acceptors (Lipinski definition) is 3. The fourth-order valence-electron chi connectivity index (χ4n) is 2.20. The predicted molar refractivity (Wildman–Crippen MR) is 61.5 cm³/mol. The van der Waals surface area contributed by atoms with Crippen molar-refractivity contribution in [3.8, 4) is 0 Å². The normalized spacial score (nSPS) is 22.7. The van der Waals surface area contributed by atoms with Crippen LogP contribution in [0.15, 0.2) is 0 Å². The molecule has 1 aliphatic rings. The van der Waals surface area contributed by atoms with Gasteiger partial charge in [-0.05, 0) is 25.3 Å². The van der Waals surface area contributed by atoms with Crippen molar-refractivity contribution in [1.29, 1.82) is 0 Å². The number of nitrogens with two attached hydrogens (primary N) is 1. The molecule has 2 N–H and O–H groups in total. The number of piperidine rings is 1. The van der Waals surface area contributed by atoms with E-state index in [9.17, 15) is 4.79 Å². The second-order valence-corrected chi connectivity index (χ2v) is 4.50. The first-order valence-corrected chi connectivity index (χ1v) is 5.77. The van der Waals surface area contributed by atoms with E-state index in [4.69, 9.17) is 5.73 Å². The number of hydrogen-bond donors (Lipinski definition) is 1. The first kappa shape index (κ1) is 12.5. The fourth-order valence-corrected chi connectivity index (χ4v) is 2.20. The zero-order chi connectivity index (χ0) is 11.3. The molecule has 4 heteroatoms. The van der Waals surface area contributed by atoms with E-state index in [2.05, 4.69) is 4.90 Å². The molecule has 1 fully saturated rings. The molecule has 0 radical (unpaired) electrons. The van der Waals surface area contributed by atoms with Gasteiger partial charge in [0, 0.05) is 40.2 Å². The van der Waals surface area contributed by atoms with Gasteiger partial charge < -0.3 is 15.5 Å². The summed E-state index contributed by atoms with van der Waals surface area (Å²) < 4.78 is 0. The van der Waals surface area contributed by atoms with Gasteiger partial charge in [-0.1, -0.05) is 0 Å². The van der Waals surface area contributed by atoms with E-state index in [1.165, 1.54) is 12.8 Å². The number of amides is 1. The third-order valence-corrected chi connectivity index (χ3v) is 3.12. The molecule has 0 saturated carbocycles. The lowest BCUT2D eigenvalue weighted by Crippen LogP contribution is -2.42. The number of likely N-dealkylation sites (tertiary alicyclic amines) is 1. The van der Waals surface area contributed by atoms with E-state index < -0.39 is 0 Å². The van der Waals surface area contributed by atoms with Crippen LogP contribution in [-0.4, -0.2) is 55.5 Å². The smallest absolute Gasteiger partial charge is 0.219 e. The second kappa shape index (κ2) is 6.08. The molecule has 0 aliphatic carbocycles. The summed E-state index contributed by atoms with van der Waals surface area (Å²) in [5.74, 6) is 0.783. The van der Waals surface area contributed by atoms with Gasteiger partial charge >= 0.3 is 0 Å². The van der Waals surface area contributed by atoms with Crippen molar-refractivity contribution < 1.29 is 4.79 Å². The Kier molecular flexibility index (Phi) is 5.05. The Bertz CT molecular complexity index is 206. The molecule has 1 amide bonds. The second-order valence-electron chi connectivity index (χ2n) is 4.50. The number of rotatable bonds is 4. The van der Waals surface area contributed by atoms with Crippen molar-refractivity contribution in [3.05, 3.63) is 0 Å². The van der Waals surface area contributed by atoms with E-state index >= 15 is 0 Å². The summed E-state index contributed by atoms with van der Waals surface area (Å²) in [5.41, 5.74) is 5.55. The molecule has 0 aromatic carbocycles. The maximum Gasteiger partial charge on any atom is 0.219 e. The standard InChI is InChI=1S/C11H23N3O/c1-10(15)13(2)8-11-4-3-6-14(9-11)7-5-12/h11H,3-9,12H2,1-2H3. The van der Waals surface area contributed by atoms with Crippen molar-refractivity contribution in [2.24, 2.45) is 11.7 Å². The van der Waals surface area contributed by atoms with E-state index in [0.29, 0.717) is 5.92 Å². The molecule has 4 nitrogen and oxygen atoms in total. The highest BCUT2D eigenvalue weighted by atomic mass is 16.2. The van der Waals surface area contributed by atoms with E-state index in [-0.39, 0.29) is 5.91 Å². The molecule has 1 unspecified atom stereocenters. The van der Waals surface area contributed by atoms with Crippen LogP contribution in [0.3, 0.4) is 0 Å². The van der Waals surface area contributed by atoms with Gasteiger partial charge in [0.25, 0.3) is 0 Å². The van der Waals surface area contributed by atoms with Crippen LogP contribution in [-0.2, 0) is 4.79 Å². The van der Waals surface area contributed by atoms with Gasteiger partial charge in [-0.15, -0.1) is 0 Å². The molecule has 1 atom stereocenters. The summed E-state index contributed by atoms with van der Waals surface area (Å²) in [7, 11) is 1.88. The average molecular weight is 213 g/mol. The molecule has 1 rings (SSSR count). The van der Waals surface area contributed by atoms with Crippen molar-refractivity contribution in [2.45, 2.75) is 19.8 Å². The quantitative estimate of drug-likeness (QED) is 0.722. The number of nitrogens with zero attached hydrogens (tertiary/aromatic N) is 2. The third-order valence-electron chi connectivity index (χ3n) is 3.12. The molecule has 0 bridgehead atoms. The molecule has 15 heavy (non-hydrogen) atoms. The van der Waals surface area contributed by atoms with E-state index in [0.717, 1.165) is 32.7 Å². The molecular weight excluding hydrogens is 190 g/mol. The molecule has 88 valence electrons. The van der Waals surface area contributed by atoms with E-state index in [1.807, 2.05) is 11.9 Å². The highest BCUT2D eigenvalue weighted by Gasteiger charge is 2.20. The Hall–Kier alpha value is -0.610. The van der Waals surface area contributed by atoms with Crippen LogP contribution in [0.4, 0.5) is 0 Å². The molecule has 1 aliphatic heterocycles. The Morgan fingerprint density at radius 1 is 1.60 bits per heavy atom. The van der Waals surface area contributed by atoms with Crippen molar-refractivity contribution in [2.75, 3.05) is 39.8 Å². The summed E-state index contributed by atoms with van der Waals surface area (Å²) in [6.07, 6.45) is 2.47. The summed E-state index contributed by atoms with van der Waals surface area (Å²) in [5, 5.41) is 0. The predicted octanol–water partition coefficient (Wildman–Crippen LogP) is 0.135. The van der Waals surface area contributed by atoms with Crippen LogP contribution in [0.2, 0.25) is 0 Å². The minimum Gasteiger partial charge on any atom is -0.346 e. The first-order valence-electron chi connectivity index (χ1n) is 5.77.